The number of nitrogens with zero attached hydrogens (tertiary/aromatic N) is 1. The second-order valence-electron chi connectivity index (χ2n) is 5.31. The molecule has 2 aromatic rings. The minimum atomic E-state index is -3.81. The van der Waals surface area contributed by atoms with Gasteiger partial charge in [0.05, 0.1) is 16.1 Å². The van der Waals surface area contributed by atoms with Gasteiger partial charge in [0.25, 0.3) is 15.9 Å². The second kappa shape index (κ2) is 6.60. The number of hydrogen-bond donors (Lipinski definition) is 1. The molecule has 0 aliphatic heterocycles. The van der Waals surface area contributed by atoms with E-state index in [1.165, 1.54) is 29.2 Å². The highest BCUT2D eigenvalue weighted by Crippen LogP contribution is 2.25. The van der Waals surface area contributed by atoms with Gasteiger partial charge in [0.1, 0.15) is 0 Å². The predicted octanol–water partition coefficient (Wildman–Crippen LogP) is 3.15. The van der Waals surface area contributed by atoms with Gasteiger partial charge in [-0.25, -0.2) is 8.42 Å². The van der Waals surface area contributed by atoms with Gasteiger partial charge < -0.3 is 4.90 Å². The first-order valence-electron chi connectivity index (χ1n) is 6.81. The number of nitrogens with one attached hydrogen (secondary N) is 1. The molecule has 2 aromatic carbocycles. The first-order valence-corrected chi connectivity index (χ1v) is 8.67. The molecule has 0 aliphatic rings. The molecule has 23 heavy (non-hydrogen) atoms. The molecule has 0 atom stereocenters. The van der Waals surface area contributed by atoms with E-state index in [4.69, 9.17) is 11.6 Å². The molecule has 0 heterocycles. The number of halogens is 1. The van der Waals surface area contributed by atoms with Gasteiger partial charge in [0.15, 0.2) is 0 Å². The first kappa shape index (κ1) is 17.3. The number of aryl methyl sites for hydroxylation is 1. The van der Waals surface area contributed by atoms with E-state index >= 15 is 0 Å². The lowest BCUT2D eigenvalue weighted by molar-refractivity contribution is 0.0828. The van der Waals surface area contributed by atoms with Crippen molar-refractivity contribution >= 4 is 33.2 Å². The van der Waals surface area contributed by atoms with Crippen LogP contribution in [0.4, 0.5) is 5.69 Å². The topological polar surface area (TPSA) is 66.5 Å². The number of carbonyl (C=O) groups is 1. The lowest BCUT2D eigenvalue weighted by atomic mass is 10.1. The quantitative estimate of drug-likeness (QED) is 0.919. The monoisotopic (exact) mass is 352 g/mol. The largest absolute Gasteiger partial charge is 0.345 e. The van der Waals surface area contributed by atoms with Gasteiger partial charge in [-0.3, -0.25) is 9.52 Å². The number of carbonyl (C=O) groups excluding carboxylic acids is 1. The van der Waals surface area contributed by atoms with Crippen LogP contribution < -0.4 is 4.72 Å². The Morgan fingerprint density at radius 1 is 1.09 bits per heavy atom. The number of amides is 1. The van der Waals surface area contributed by atoms with E-state index in [2.05, 4.69) is 4.72 Å². The fraction of sp³-hybridized carbons (Fsp3) is 0.188. The molecule has 0 aromatic heterocycles. The maximum absolute atomic E-state index is 12.5. The molecule has 2 rings (SSSR count). The number of benzene rings is 2. The van der Waals surface area contributed by atoms with E-state index < -0.39 is 10.0 Å². The maximum atomic E-state index is 12.5. The summed E-state index contributed by atoms with van der Waals surface area (Å²) in [6, 6.07) is 10.9. The molecule has 0 unspecified atom stereocenters. The van der Waals surface area contributed by atoms with Crippen LogP contribution in [0.5, 0.6) is 0 Å². The fourth-order valence-corrected chi connectivity index (χ4v) is 3.19. The van der Waals surface area contributed by atoms with Crippen LogP contribution in [0.25, 0.3) is 0 Å². The van der Waals surface area contributed by atoms with E-state index in [1.807, 2.05) is 6.92 Å². The molecule has 0 saturated heterocycles. The van der Waals surface area contributed by atoms with Crippen molar-refractivity contribution in [2.45, 2.75) is 11.8 Å². The van der Waals surface area contributed by atoms with E-state index in [-0.39, 0.29) is 22.1 Å². The third-order valence-corrected chi connectivity index (χ3v) is 4.81. The van der Waals surface area contributed by atoms with Crippen molar-refractivity contribution in [3.05, 3.63) is 58.6 Å². The third-order valence-electron chi connectivity index (χ3n) is 3.19. The summed E-state index contributed by atoms with van der Waals surface area (Å²) in [6.07, 6.45) is 0. The third kappa shape index (κ3) is 4.03. The summed E-state index contributed by atoms with van der Waals surface area (Å²) in [5, 5.41) is 0.335. The smallest absolute Gasteiger partial charge is 0.261 e. The number of anilines is 1. The molecule has 5 nitrogen and oxygen atoms in total. The van der Waals surface area contributed by atoms with Gasteiger partial charge >= 0.3 is 0 Å². The molecule has 0 aliphatic carbocycles. The van der Waals surface area contributed by atoms with Gasteiger partial charge in [-0.15, -0.1) is 0 Å². The molecule has 0 radical (unpaired) electrons. The lowest BCUT2D eigenvalue weighted by Gasteiger charge is -2.16. The Labute approximate surface area is 140 Å². The predicted molar refractivity (Wildman–Crippen MR) is 91.5 cm³/mol. The molecule has 0 bridgehead atoms. The van der Waals surface area contributed by atoms with E-state index in [1.54, 1.807) is 32.3 Å². The molecule has 122 valence electrons. The summed E-state index contributed by atoms with van der Waals surface area (Å²) in [7, 11) is -0.623. The molecular formula is C16H17ClN2O3S. The van der Waals surface area contributed by atoms with Crippen molar-refractivity contribution < 1.29 is 13.2 Å². The summed E-state index contributed by atoms with van der Waals surface area (Å²) in [5.74, 6) is -0.316. The molecular weight excluding hydrogens is 336 g/mol. The second-order valence-corrected chi connectivity index (χ2v) is 7.43. The summed E-state index contributed by atoms with van der Waals surface area (Å²) in [4.78, 5) is 13.7. The maximum Gasteiger partial charge on any atom is 0.261 e. The van der Waals surface area contributed by atoms with E-state index in [9.17, 15) is 13.2 Å². The van der Waals surface area contributed by atoms with Crippen molar-refractivity contribution in [3.63, 3.8) is 0 Å². The van der Waals surface area contributed by atoms with Crippen LogP contribution >= 0.6 is 11.6 Å². The zero-order chi connectivity index (χ0) is 17.2. The van der Waals surface area contributed by atoms with Gasteiger partial charge in [0.2, 0.25) is 0 Å². The summed E-state index contributed by atoms with van der Waals surface area (Å²) in [6.45, 7) is 1.87. The van der Waals surface area contributed by atoms with Crippen LogP contribution in [0.1, 0.15) is 15.9 Å². The Hall–Kier alpha value is -2.05. The van der Waals surface area contributed by atoms with Crippen molar-refractivity contribution in [2.24, 2.45) is 0 Å². The lowest BCUT2D eigenvalue weighted by Crippen LogP contribution is -2.24. The molecule has 1 amide bonds. The number of hydrogen-bond acceptors (Lipinski definition) is 3. The first-order chi connectivity index (χ1) is 10.7. The van der Waals surface area contributed by atoms with Gasteiger partial charge in [0, 0.05) is 19.1 Å². The van der Waals surface area contributed by atoms with Crippen LogP contribution in [0, 0.1) is 6.92 Å². The van der Waals surface area contributed by atoms with E-state index in [0.717, 1.165) is 5.56 Å². The molecule has 7 heteroatoms. The van der Waals surface area contributed by atoms with Gasteiger partial charge in [-0.1, -0.05) is 29.3 Å². The Morgan fingerprint density at radius 2 is 1.70 bits per heavy atom. The highest BCUT2D eigenvalue weighted by molar-refractivity contribution is 7.92. The standard InChI is InChI=1S/C16H17ClN2O3S/c1-11-4-7-13(8-5-11)23(21,22)18-15-10-12(17)6-9-14(15)16(20)19(2)3/h4-10,18H,1-3H3. The Bertz CT molecular complexity index is 831. The highest BCUT2D eigenvalue weighted by atomic mass is 35.5. The molecule has 0 spiro atoms. The van der Waals surface area contributed by atoms with E-state index in [0.29, 0.717) is 5.02 Å². The van der Waals surface area contributed by atoms with Crippen molar-refractivity contribution in [3.8, 4) is 0 Å². The fourth-order valence-electron chi connectivity index (χ4n) is 1.95. The van der Waals surface area contributed by atoms with Gasteiger partial charge in [-0.05, 0) is 37.3 Å². The van der Waals surface area contributed by atoms with Crippen molar-refractivity contribution in [1.82, 2.24) is 4.90 Å². The molecule has 0 saturated carbocycles. The van der Waals surface area contributed by atoms with Gasteiger partial charge in [-0.2, -0.15) is 0 Å². The summed E-state index contributed by atoms with van der Waals surface area (Å²) >= 11 is 5.94. The zero-order valence-corrected chi connectivity index (χ0v) is 14.6. The van der Waals surface area contributed by atoms with Crippen LogP contribution in [-0.2, 0) is 10.0 Å². The average molecular weight is 353 g/mol. The minimum Gasteiger partial charge on any atom is -0.345 e. The van der Waals surface area contributed by atoms with Crippen molar-refractivity contribution in [2.75, 3.05) is 18.8 Å². The minimum absolute atomic E-state index is 0.117. The number of sulfonamides is 1. The number of rotatable bonds is 4. The Kier molecular flexibility index (Phi) is 4.97. The average Bonchev–Trinajstić information content (AvgIpc) is 2.46. The summed E-state index contributed by atoms with van der Waals surface area (Å²) in [5.41, 5.74) is 1.34. The SMILES string of the molecule is Cc1ccc(S(=O)(=O)Nc2cc(Cl)ccc2C(=O)N(C)C)cc1. The van der Waals surface area contributed by atoms with Crippen molar-refractivity contribution in [1.29, 1.82) is 0 Å². The van der Waals surface area contributed by atoms with Crippen LogP contribution in [0.2, 0.25) is 5.02 Å². The van der Waals surface area contributed by atoms with Crippen LogP contribution in [0.3, 0.4) is 0 Å². The zero-order valence-electron chi connectivity index (χ0n) is 13.0. The van der Waals surface area contributed by atoms with Crippen LogP contribution in [-0.4, -0.2) is 33.3 Å². The highest BCUT2D eigenvalue weighted by Gasteiger charge is 2.20. The normalized spacial score (nSPS) is 11.1. The Morgan fingerprint density at radius 3 is 2.26 bits per heavy atom. The summed E-state index contributed by atoms with van der Waals surface area (Å²) < 4.78 is 27.4. The molecule has 1 N–H and O–H groups in total. The molecule has 0 fully saturated rings. The Balaban J connectivity index is 2.44. The van der Waals surface area contributed by atoms with Crippen LogP contribution in [0.15, 0.2) is 47.4 Å².